The van der Waals surface area contributed by atoms with Gasteiger partial charge in [0.15, 0.2) is 4.34 Å². The SMILES string of the molecule is CCc1ccc(Nc2nnc(SC(C)C(=O)N3CCN(CC)CC3)s2)cc1. The summed E-state index contributed by atoms with van der Waals surface area (Å²) in [6.07, 6.45) is 1.03. The molecule has 0 aliphatic carbocycles. The van der Waals surface area contributed by atoms with E-state index in [1.165, 1.54) is 28.7 Å². The standard InChI is InChI=1S/C19H27N5OS2/c1-4-15-6-8-16(9-7-15)20-18-21-22-19(27-18)26-14(3)17(25)24-12-10-23(5-2)11-13-24/h6-9,14H,4-5,10-13H2,1-3H3,(H,20,21). The van der Waals surface area contributed by atoms with Gasteiger partial charge in [0.05, 0.1) is 5.25 Å². The highest BCUT2D eigenvalue weighted by molar-refractivity contribution is 8.02. The summed E-state index contributed by atoms with van der Waals surface area (Å²) in [5, 5.41) is 12.3. The van der Waals surface area contributed by atoms with Gasteiger partial charge in [0.2, 0.25) is 11.0 Å². The van der Waals surface area contributed by atoms with E-state index in [9.17, 15) is 4.79 Å². The molecule has 1 aliphatic rings. The first-order valence-corrected chi connectivity index (χ1v) is 11.2. The summed E-state index contributed by atoms with van der Waals surface area (Å²) in [6, 6.07) is 8.32. The molecule has 0 saturated carbocycles. The summed E-state index contributed by atoms with van der Waals surface area (Å²) in [5.41, 5.74) is 2.30. The van der Waals surface area contributed by atoms with Gasteiger partial charge in [-0.15, -0.1) is 10.2 Å². The molecule has 2 aromatic rings. The van der Waals surface area contributed by atoms with Crippen LogP contribution in [0.4, 0.5) is 10.8 Å². The topological polar surface area (TPSA) is 61.4 Å². The lowest BCUT2D eigenvalue weighted by Crippen LogP contribution is -2.50. The van der Waals surface area contributed by atoms with Crippen molar-refractivity contribution in [1.29, 1.82) is 0 Å². The van der Waals surface area contributed by atoms with E-state index in [1.807, 2.05) is 11.8 Å². The molecule has 1 atom stereocenters. The first kappa shape index (κ1) is 20.1. The van der Waals surface area contributed by atoms with Gasteiger partial charge >= 0.3 is 0 Å². The maximum absolute atomic E-state index is 12.7. The smallest absolute Gasteiger partial charge is 0.235 e. The fourth-order valence-electron chi connectivity index (χ4n) is 3.00. The molecule has 3 rings (SSSR count). The number of hydrogen-bond acceptors (Lipinski definition) is 7. The van der Waals surface area contributed by atoms with Crippen molar-refractivity contribution < 1.29 is 4.79 Å². The van der Waals surface area contributed by atoms with Crippen LogP contribution in [-0.2, 0) is 11.2 Å². The Hall–Kier alpha value is -1.64. The van der Waals surface area contributed by atoms with Gasteiger partial charge in [-0.05, 0) is 37.6 Å². The fourth-order valence-corrected chi connectivity index (χ4v) is 5.00. The number of piperazine rings is 1. The van der Waals surface area contributed by atoms with Crippen molar-refractivity contribution >= 4 is 39.8 Å². The number of hydrogen-bond donors (Lipinski definition) is 1. The Labute approximate surface area is 169 Å². The number of carbonyl (C=O) groups is 1. The maximum atomic E-state index is 12.7. The predicted octanol–water partition coefficient (Wildman–Crippen LogP) is 3.49. The van der Waals surface area contributed by atoms with Crippen molar-refractivity contribution in [2.24, 2.45) is 0 Å². The number of thioether (sulfide) groups is 1. The maximum Gasteiger partial charge on any atom is 0.235 e. The molecule has 1 aromatic carbocycles. The zero-order valence-corrected chi connectivity index (χ0v) is 17.8. The zero-order valence-electron chi connectivity index (χ0n) is 16.1. The van der Waals surface area contributed by atoms with Gasteiger partial charge in [0, 0.05) is 31.9 Å². The zero-order chi connectivity index (χ0) is 19.2. The summed E-state index contributed by atoms with van der Waals surface area (Å²) in [5.74, 6) is 0.190. The van der Waals surface area contributed by atoms with Gasteiger partial charge in [0.1, 0.15) is 0 Å². The molecule has 2 heterocycles. The van der Waals surface area contributed by atoms with Crippen molar-refractivity contribution in [3.63, 3.8) is 0 Å². The number of carbonyl (C=O) groups excluding carboxylic acids is 1. The Kier molecular flexibility index (Phi) is 7.09. The first-order valence-electron chi connectivity index (χ1n) is 9.46. The van der Waals surface area contributed by atoms with E-state index in [0.717, 1.165) is 54.3 Å². The highest BCUT2D eigenvalue weighted by Gasteiger charge is 2.25. The number of aryl methyl sites for hydroxylation is 1. The summed E-state index contributed by atoms with van der Waals surface area (Å²) in [7, 11) is 0. The quantitative estimate of drug-likeness (QED) is 0.712. The van der Waals surface area contributed by atoms with Gasteiger partial charge in [-0.2, -0.15) is 0 Å². The minimum absolute atomic E-state index is 0.150. The van der Waals surface area contributed by atoms with E-state index >= 15 is 0 Å². The third-order valence-corrected chi connectivity index (χ3v) is 6.79. The second-order valence-corrected chi connectivity index (χ2v) is 9.13. The molecule has 1 saturated heterocycles. The Bertz CT molecular complexity index is 741. The third kappa shape index (κ3) is 5.43. The fraction of sp³-hybridized carbons (Fsp3) is 0.526. The number of aromatic nitrogens is 2. The predicted molar refractivity (Wildman–Crippen MR) is 113 cm³/mol. The third-order valence-electron chi connectivity index (χ3n) is 4.78. The van der Waals surface area contributed by atoms with Gasteiger partial charge in [-0.3, -0.25) is 4.79 Å². The average Bonchev–Trinajstić information content (AvgIpc) is 3.14. The molecule has 27 heavy (non-hydrogen) atoms. The van der Waals surface area contributed by atoms with Gasteiger partial charge in [-0.25, -0.2) is 0 Å². The lowest BCUT2D eigenvalue weighted by atomic mass is 10.1. The van der Waals surface area contributed by atoms with Crippen LogP contribution in [0.15, 0.2) is 28.6 Å². The van der Waals surface area contributed by atoms with Crippen molar-refractivity contribution in [1.82, 2.24) is 20.0 Å². The summed E-state index contributed by atoms with van der Waals surface area (Å²) in [6.45, 7) is 10.9. The first-order chi connectivity index (χ1) is 13.1. The molecule has 0 spiro atoms. The Morgan fingerprint density at radius 3 is 2.52 bits per heavy atom. The number of nitrogens with one attached hydrogen (secondary N) is 1. The van der Waals surface area contributed by atoms with Gasteiger partial charge in [0.25, 0.3) is 0 Å². The van der Waals surface area contributed by atoms with Crippen LogP contribution in [-0.4, -0.2) is 63.9 Å². The van der Waals surface area contributed by atoms with Crippen molar-refractivity contribution in [2.75, 3.05) is 38.0 Å². The largest absolute Gasteiger partial charge is 0.339 e. The number of rotatable bonds is 7. The minimum atomic E-state index is -0.150. The number of nitrogens with zero attached hydrogens (tertiary/aromatic N) is 4. The molecule has 1 N–H and O–H groups in total. The van der Waals surface area contributed by atoms with Gasteiger partial charge in [-0.1, -0.05) is 49.1 Å². The summed E-state index contributed by atoms with van der Waals surface area (Å²) in [4.78, 5) is 17.0. The molecule has 6 nitrogen and oxygen atoms in total. The second kappa shape index (κ2) is 9.52. The summed E-state index contributed by atoms with van der Waals surface area (Å²) >= 11 is 2.97. The Balaban J connectivity index is 1.52. The number of anilines is 2. The molecule has 1 amide bonds. The van der Waals surface area contributed by atoms with Crippen LogP contribution in [0.5, 0.6) is 0 Å². The molecule has 0 radical (unpaired) electrons. The highest BCUT2D eigenvalue weighted by Crippen LogP contribution is 2.31. The second-order valence-electron chi connectivity index (χ2n) is 6.57. The van der Waals surface area contributed by atoms with Crippen LogP contribution in [0.1, 0.15) is 26.3 Å². The van der Waals surface area contributed by atoms with Crippen molar-refractivity contribution in [2.45, 2.75) is 36.8 Å². The Morgan fingerprint density at radius 1 is 1.19 bits per heavy atom. The number of likely N-dealkylation sites (N-methyl/N-ethyl adjacent to an activating group) is 1. The van der Waals surface area contributed by atoms with E-state index in [2.05, 4.69) is 58.5 Å². The molecule has 1 aromatic heterocycles. The highest BCUT2D eigenvalue weighted by atomic mass is 32.2. The summed E-state index contributed by atoms with van der Waals surface area (Å²) < 4.78 is 0.815. The van der Waals surface area contributed by atoms with Crippen LogP contribution in [0.25, 0.3) is 0 Å². The van der Waals surface area contributed by atoms with E-state index in [-0.39, 0.29) is 11.2 Å². The number of amides is 1. The van der Waals surface area contributed by atoms with E-state index in [0.29, 0.717) is 0 Å². The van der Waals surface area contributed by atoms with E-state index in [1.54, 1.807) is 0 Å². The molecular formula is C19H27N5OS2. The Morgan fingerprint density at radius 2 is 1.89 bits per heavy atom. The number of benzene rings is 1. The van der Waals surface area contributed by atoms with Crippen molar-refractivity contribution in [3.05, 3.63) is 29.8 Å². The molecule has 1 fully saturated rings. The molecule has 1 unspecified atom stereocenters. The van der Waals surface area contributed by atoms with Crippen LogP contribution in [0.2, 0.25) is 0 Å². The van der Waals surface area contributed by atoms with Crippen LogP contribution in [0, 0.1) is 0 Å². The molecule has 1 aliphatic heterocycles. The van der Waals surface area contributed by atoms with Gasteiger partial charge < -0.3 is 15.1 Å². The van der Waals surface area contributed by atoms with E-state index < -0.39 is 0 Å². The minimum Gasteiger partial charge on any atom is -0.339 e. The molecular weight excluding hydrogens is 378 g/mol. The normalized spacial score (nSPS) is 16.3. The van der Waals surface area contributed by atoms with E-state index in [4.69, 9.17) is 0 Å². The van der Waals surface area contributed by atoms with Crippen molar-refractivity contribution in [3.8, 4) is 0 Å². The molecule has 0 bridgehead atoms. The monoisotopic (exact) mass is 405 g/mol. The van der Waals surface area contributed by atoms with Crippen LogP contribution in [0.3, 0.4) is 0 Å². The van der Waals surface area contributed by atoms with Crippen LogP contribution < -0.4 is 5.32 Å². The average molecular weight is 406 g/mol. The molecule has 8 heteroatoms. The lowest BCUT2D eigenvalue weighted by Gasteiger charge is -2.35. The lowest BCUT2D eigenvalue weighted by molar-refractivity contribution is -0.132. The molecule has 146 valence electrons. The van der Waals surface area contributed by atoms with Crippen LogP contribution >= 0.6 is 23.1 Å².